The van der Waals surface area contributed by atoms with Crippen LogP contribution in [0.25, 0.3) is 0 Å². The van der Waals surface area contributed by atoms with E-state index in [1.54, 1.807) is 19.0 Å². The monoisotopic (exact) mass is 456 g/mol. The van der Waals surface area contributed by atoms with Gasteiger partial charge in [0.15, 0.2) is 5.96 Å². The highest BCUT2D eigenvalue weighted by atomic mass is 127. The van der Waals surface area contributed by atoms with Crippen molar-refractivity contribution < 1.29 is 14.3 Å². The van der Waals surface area contributed by atoms with E-state index in [2.05, 4.69) is 15.6 Å². The van der Waals surface area contributed by atoms with Crippen molar-refractivity contribution in [1.82, 2.24) is 15.5 Å². The minimum absolute atomic E-state index is 0. The number of ether oxygens (including phenoxy) is 2. The summed E-state index contributed by atoms with van der Waals surface area (Å²) >= 11 is 0. The summed E-state index contributed by atoms with van der Waals surface area (Å²) in [7, 11) is 3.52. The van der Waals surface area contributed by atoms with Crippen molar-refractivity contribution in [2.24, 2.45) is 4.99 Å². The maximum absolute atomic E-state index is 11.5. The summed E-state index contributed by atoms with van der Waals surface area (Å²) in [4.78, 5) is 17.6. The first-order valence-electron chi connectivity index (χ1n) is 8.55. The molecule has 1 saturated heterocycles. The lowest BCUT2D eigenvalue weighted by molar-refractivity contribution is -0.128. The second-order valence-corrected chi connectivity index (χ2v) is 5.79. The smallest absolute Gasteiger partial charge is 0.223 e. The van der Waals surface area contributed by atoms with Crippen molar-refractivity contribution in [1.29, 1.82) is 0 Å². The third kappa shape index (κ3) is 11.0. The summed E-state index contributed by atoms with van der Waals surface area (Å²) in [6.45, 7) is 6.35. The number of halogens is 1. The Bertz CT molecular complexity index is 361. The Hall–Kier alpha value is -0.610. The van der Waals surface area contributed by atoms with E-state index in [0.29, 0.717) is 32.7 Å². The van der Waals surface area contributed by atoms with Gasteiger partial charge in [-0.1, -0.05) is 0 Å². The maximum atomic E-state index is 11.5. The maximum Gasteiger partial charge on any atom is 0.223 e. The van der Waals surface area contributed by atoms with Gasteiger partial charge in [0, 0.05) is 53.4 Å². The third-order valence-electron chi connectivity index (χ3n) is 3.52. The van der Waals surface area contributed by atoms with Crippen LogP contribution in [0.1, 0.15) is 32.6 Å². The molecule has 0 aromatic carbocycles. The molecule has 1 fully saturated rings. The Morgan fingerprint density at radius 1 is 1.38 bits per heavy atom. The Labute approximate surface area is 162 Å². The predicted octanol–water partition coefficient (Wildman–Crippen LogP) is 1.22. The number of nitrogens with zero attached hydrogens (tertiary/aromatic N) is 2. The van der Waals surface area contributed by atoms with Gasteiger partial charge >= 0.3 is 0 Å². The van der Waals surface area contributed by atoms with Gasteiger partial charge in [0.25, 0.3) is 0 Å². The van der Waals surface area contributed by atoms with E-state index < -0.39 is 0 Å². The predicted molar refractivity (Wildman–Crippen MR) is 107 cm³/mol. The minimum atomic E-state index is 0. The van der Waals surface area contributed by atoms with Gasteiger partial charge < -0.3 is 25.0 Å². The van der Waals surface area contributed by atoms with Gasteiger partial charge in [-0.25, -0.2) is 0 Å². The zero-order valence-electron chi connectivity index (χ0n) is 15.2. The van der Waals surface area contributed by atoms with Crippen LogP contribution in [-0.2, 0) is 14.3 Å². The Kier molecular flexibility index (Phi) is 14.3. The Balaban J connectivity index is 0.00000529. The molecule has 24 heavy (non-hydrogen) atoms. The molecule has 1 aliphatic heterocycles. The molecule has 0 radical (unpaired) electrons. The normalized spacial score (nSPS) is 17.3. The number of hydrogen-bond acceptors (Lipinski definition) is 4. The van der Waals surface area contributed by atoms with Gasteiger partial charge in [-0.15, -0.1) is 24.0 Å². The van der Waals surface area contributed by atoms with Crippen LogP contribution >= 0.6 is 24.0 Å². The molecule has 1 rings (SSSR count). The lowest BCUT2D eigenvalue weighted by atomic mass is 10.2. The van der Waals surface area contributed by atoms with Gasteiger partial charge in [0.1, 0.15) is 0 Å². The van der Waals surface area contributed by atoms with Crippen LogP contribution < -0.4 is 10.6 Å². The SMILES string of the molecule is CCNC(=NCCCOCC1CCCO1)NCCC(=O)N(C)C.I. The molecule has 0 aromatic rings. The summed E-state index contributed by atoms with van der Waals surface area (Å²) in [6, 6.07) is 0. The quantitative estimate of drug-likeness (QED) is 0.224. The first-order valence-corrected chi connectivity index (χ1v) is 8.55. The average Bonchev–Trinajstić information content (AvgIpc) is 3.03. The lowest BCUT2D eigenvalue weighted by Gasteiger charge is -2.13. The van der Waals surface area contributed by atoms with Crippen LogP contribution in [0.4, 0.5) is 0 Å². The van der Waals surface area contributed by atoms with E-state index in [1.807, 2.05) is 6.92 Å². The van der Waals surface area contributed by atoms with E-state index >= 15 is 0 Å². The summed E-state index contributed by atoms with van der Waals surface area (Å²) in [5, 5.41) is 6.35. The first-order chi connectivity index (χ1) is 11.1. The fraction of sp³-hybridized carbons (Fsp3) is 0.875. The van der Waals surface area contributed by atoms with Crippen LogP contribution in [0.3, 0.4) is 0 Å². The molecule has 2 N–H and O–H groups in total. The summed E-state index contributed by atoms with van der Waals surface area (Å²) in [5.74, 6) is 0.856. The molecular weight excluding hydrogens is 423 g/mol. The van der Waals surface area contributed by atoms with Gasteiger partial charge in [-0.05, 0) is 26.2 Å². The highest BCUT2D eigenvalue weighted by Crippen LogP contribution is 2.11. The van der Waals surface area contributed by atoms with E-state index in [4.69, 9.17) is 9.47 Å². The molecule has 8 heteroatoms. The Morgan fingerprint density at radius 2 is 2.17 bits per heavy atom. The standard InChI is InChI=1S/C16H32N4O3.HI/c1-4-17-16(19-10-8-15(21)20(2)3)18-9-6-11-22-13-14-7-5-12-23-14;/h14H,4-13H2,1-3H3,(H2,17,18,19);1H. The molecule has 7 nitrogen and oxygen atoms in total. The van der Waals surface area contributed by atoms with Crippen molar-refractivity contribution in [2.75, 3.05) is 53.6 Å². The molecule has 142 valence electrons. The number of carbonyl (C=O) groups excluding carboxylic acids is 1. The lowest BCUT2D eigenvalue weighted by Crippen LogP contribution is -2.39. The largest absolute Gasteiger partial charge is 0.379 e. The van der Waals surface area contributed by atoms with Gasteiger partial charge in [-0.2, -0.15) is 0 Å². The second kappa shape index (κ2) is 14.7. The van der Waals surface area contributed by atoms with E-state index in [1.165, 1.54) is 0 Å². The van der Waals surface area contributed by atoms with Crippen molar-refractivity contribution in [3.63, 3.8) is 0 Å². The van der Waals surface area contributed by atoms with Crippen molar-refractivity contribution >= 4 is 35.8 Å². The molecule has 1 heterocycles. The number of guanidine groups is 1. The van der Waals surface area contributed by atoms with E-state index in [0.717, 1.165) is 38.4 Å². The number of amides is 1. The zero-order valence-corrected chi connectivity index (χ0v) is 17.5. The molecule has 0 aromatic heterocycles. The van der Waals surface area contributed by atoms with E-state index in [-0.39, 0.29) is 36.0 Å². The average molecular weight is 456 g/mol. The number of hydrogen-bond donors (Lipinski definition) is 2. The summed E-state index contributed by atoms with van der Waals surface area (Å²) < 4.78 is 11.1. The molecule has 0 spiro atoms. The number of carbonyl (C=O) groups is 1. The summed E-state index contributed by atoms with van der Waals surface area (Å²) in [5.41, 5.74) is 0. The fourth-order valence-corrected chi connectivity index (χ4v) is 2.20. The molecule has 1 aliphatic rings. The molecule has 0 bridgehead atoms. The molecule has 0 aliphatic carbocycles. The second-order valence-electron chi connectivity index (χ2n) is 5.79. The van der Waals surface area contributed by atoms with Crippen LogP contribution in [0.15, 0.2) is 4.99 Å². The van der Waals surface area contributed by atoms with Crippen LogP contribution in [0, 0.1) is 0 Å². The third-order valence-corrected chi connectivity index (χ3v) is 3.52. The van der Waals surface area contributed by atoms with Crippen molar-refractivity contribution in [3.05, 3.63) is 0 Å². The van der Waals surface area contributed by atoms with Crippen LogP contribution in [-0.4, -0.2) is 76.4 Å². The molecular formula is C16H33IN4O3. The Morgan fingerprint density at radius 3 is 2.79 bits per heavy atom. The van der Waals surface area contributed by atoms with Gasteiger partial charge in [0.2, 0.25) is 5.91 Å². The van der Waals surface area contributed by atoms with Gasteiger partial charge in [-0.3, -0.25) is 9.79 Å². The first kappa shape index (κ1) is 23.4. The molecule has 1 amide bonds. The van der Waals surface area contributed by atoms with Crippen molar-refractivity contribution in [2.45, 2.75) is 38.7 Å². The molecule has 1 unspecified atom stereocenters. The minimum Gasteiger partial charge on any atom is -0.379 e. The highest BCUT2D eigenvalue weighted by Gasteiger charge is 2.14. The highest BCUT2D eigenvalue weighted by molar-refractivity contribution is 14.0. The summed E-state index contributed by atoms with van der Waals surface area (Å²) in [6.07, 6.45) is 3.87. The fourth-order valence-electron chi connectivity index (χ4n) is 2.20. The zero-order chi connectivity index (χ0) is 16.9. The number of aliphatic imine (C=N–C) groups is 1. The molecule has 0 saturated carbocycles. The molecule has 1 atom stereocenters. The van der Waals surface area contributed by atoms with Gasteiger partial charge in [0.05, 0.1) is 12.7 Å². The van der Waals surface area contributed by atoms with Crippen LogP contribution in [0.2, 0.25) is 0 Å². The van der Waals surface area contributed by atoms with Crippen molar-refractivity contribution in [3.8, 4) is 0 Å². The topological polar surface area (TPSA) is 75.2 Å². The number of rotatable bonds is 10. The van der Waals surface area contributed by atoms with E-state index in [9.17, 15) is 4.79 Å². The number of nitrogens with one attached hydrogen (secondary N) is 2. The van der Waals surface area contributed by atoms with Crippen LogP contribution in [0.5, 0.6) is 0 Å².